The maximum Gasteiger partial charge on any atom is 0.170 e. The molecule has 1 atom stereocenters. The van der Waals surface area contributed by atoms with E-state index in [4.69, 9.17) is 44.8 Å². The molecule has 1 fully saturated rings. The Morgan fingerprint density at radius 3 is 2.37 bits per heavy atom. The van der Waals surface area contributed by atoms with Gasteiger partial charge in [-0.05, 0) is 66.8 Å². The molecule has 1 aliphatic heterocycles. The molecule has 0 radical (unpaired) electrons. The van der Waals surface area contributed by atoms with E-state index >= 15 is 0 Å². The Bertz CT molecular complexity index is 1190. The molecule has 1 heterocycles. The molecule has 1 aliphatic carbocycles. The highest BCUT2D eigenvalue weighted by atomic mass is 35.5. The van der Waals surface area contributed by atoms with Gasteiger partial charge in [-0.2, -0.15) is 0 Å². The van der Waals surface area contributed by atoms with Crippen LogP contribution < -0.4 is 4.90 Å². The van der Waals surface area contributed by atoms with Gasteiger partial charge in [0.15, 0.2) is 11.0 Å². The molecular weight excluding hydrogens is 517 g/mol. The highest BCUT2D eigenvalue weighted by Crippen LogP contribution is 2.46. The van der Waals surface area contributed by atoms with Gasteiger partial charge in [0.1, 0.15) is 5.54 Å². The topological polar surface area (TPSA) is 28.0 Å². The van der Waals surface area contributed by atoms with Crippen LogP contribution in [0.2, 0.25) is 15.1 Å². The van der Waals surface area contributed by atoms with Gasteiger partial charge < -0.3 is 4.90 Å². The van der Waals surface area contributed by atoms with Crippen molar-refractivity contribution in [2.45, 2.75) is 65.0 Å². The Balaban J connectivity index is 1.78. The molecule has 0 aromatic heterocycles. The van der Waals surface area contributed by atoms with Gasteiger partial charge in [-0.15, -0.1) is 0 Å². The molecule has 0 amide bonds. The Morgan fingerprint density at radius 2 is 1.77 bits per heavy atom. The lowest BCUT2D eigenvalue weighted by atomic mass is 9.85. The standard InChI is InChI=1S/C28H32Cl3N3S/c1-18-8-12-21(17-22(18)30)34-26(35-5)33-25(28(34)14-6-7-15-28)32-24(27(2,3)4)13-10-19-9-11-20(29)16-23(19)31/h8-13,16-17,24H,6-7,14-15H2,1-5H3/b13-10+,32-25?/t24-/m0/s1. The average molecular weight is 549 g/mol. The first-order chi connectivity index (χ1) is 16.5. The molecule has 2 aromatic rings. The lowest BCUT2D eigenvalue weighted by Gasteiger charge is -2.37. The second-order valence-electron chi connectivity index (χ2n) is 10.4. The molecule has 2 aromatic carbocycles. The van der Waals surface area contributed by atoms with Crippen molar-refractivity contribution >= 4 is 69.3 Å². The van der Waals surface area contributed by atoms with Crippen molar-refractivity contribution in [3.8, 4) is 0 Å². The first-order valence-corrected chi connectivity index (χ1v) is 14.3. The van der Waals surface area contributed by atoms with Crippen molar-refractivity contribution in [1.82, 2.24) is 0 Å². The van der Waals surface area contributed by atoms with Crippen LogP contribution in [-0.4, -0.2) is 28.8 Å². The van der Waals surface area contributed by atoms with Gasteiger partial charge in [0.25, 0.3) is 0 Å². The van der Waals surface area contributed by atoms with Crippen LogP contribution in [0, 0.1) is 12.3 Å². The molecule has 0 saturated heterocycles. The third kappa shape index (κ3) is 5.46. The molecule has 0 unspecified atom stereocenters. The zero-order valence-electron chi connectivity index (χ0n) is 20.9. The Labute approximate surface area is 228 Å². The molecule has 1 spiro atoms. The SMILES string of the molecule is CSC1=NC(=N[C@@H](/C=C/c2ccc(Cl)cc2Cl)C(C)(C)C)C2(CCCC2)N1c1ccc(C)c(Cl)c1. The number of halogens is 3. The van der Waals surface area contributed by atoms with Crippen molar-refractivity contribution in [2.24, 2.45) is 15.4 Å². The highest BCUT2D eigenvalue weighted by Gasteiger charge is 2.51. The number of rotatable bonds is 4. The van der Waals surface area contributed by atoms with Crippen LogP contribution in [0.15, 0.2) is 52.5 Å². The largest absolute Gasteiger partial charge is 0.307 e. The van der Waals surface area contributed by atoms with Gasteiger partial charge in [-0.3, -0.25) is 4.99 Å². The zero-order valence-corrected chi connectivity index (χ0v) is 24.0. The quantitative estimate of drug-likeness (QED) is 0.381. The van der Waals surface area contributed by atoms with Crippen LogP contribution in [0.4, 0.5) is 5.69 Å². The fraction of sp³-hybridized carbons (Fsp3) is 0.429. The Kier molecular flexibility index (Phi) is 7.97. The summed E-state index contributed by atoms with van der Waals surface area (Å²) in [6.07, 6.45) is 10.6. The predicted octanol–water partition coefficient (Wildman–Crippen LogP) is 9.33. The number of hydrogen-bond acceptors (Lipinski definition) is 3. The van der Waals surface area contributed by atoms with Crippen LogP contribution in [0.3, 0.4) is 0 Å². The fourth-order valence-electron chi connectivity index (χ4n) is 4.79. The van der Waals surface area contributed by atoms with E-state index < -0.39 is 0 Å². The van der Waals surface area contributed by atoms with E-state index in [1.165, 1.54) is 0 Å². The summed E-state index contributed by atoms with van der Waals surface area (Å²) in [7, 11) is 0. The molecule has 186 valence electrons. The van der Waals surface area contributed by atoms with E-state index in [9.17, 15) is 0 Å². The molecular formula is C28H32Cl3N3S. The van der Waals surface area contributed by atoms with Gasteiger partial charge in [0.05, 0.1) is 6.04 Å². The molecule has 2 aliphatic rings. The van der Waals surface area contributed by atoms with E-state index in [1.54, 1.807) is 17.8 Å². The summed E-state index contributed by atoms with van der Waals surface area (Å²) < 4.78 is 0. The molecule has 1 saturated carbocycles. The molecule has 0 N–H and O–H groups in total. The Hall–Kier alpha value is -1.46. The average Bonchev–Trinajstić information content (AvgIpc) is 3.39. The van der Waals surface area contributed by atoms with Crippen LogP contribution in [0.25, 0.3) is 6.08 Å². The summed E-state index contributed by atoms with van der Waals surface area (Å²) in [6.45, 7) is 8.67. The second-order valence-corrected chi connectivity index (χ2v) is 12.4. The van der Waals surface area contributed by atoms with Crippen molar-refractivity contribution < 1.29 is 0 Å². The number of benzene rings is 2. The lowest BCUT2D eigenvalue weighted by molar-refractivity contribution is 0.366. The monoisotopic (exact) mass is 547 g/mol. The number of thioether (sulfide) groups is 1. The van der Waals surface area contributed by atoms with E-state index in [1.807, 2.05) is 25.1 Å². The van der Waals surface area contributed by atoms with Crippen molar-refractivity contribution in [2.75, 3.05) is 11.2 Å². The summed E-state index contributed by atoms with van der Waals surface area (Å²) in [6, 6.07) is 11.8. The van der Waals surface area contributed by atoms with Crippen LogP contribution >= 0.6 is 46.6 Å². The predicted molar refractivity (Wildman–Crippen MR) is 157 cm³/mol. The normalized spacial score (nSPS) is 19.8. The minimum Gasteiger partial charge on any atom is -0.307 e. The summed E-state index contributed by atoms with van der Waals surface area (Å²) in [5.74, 6) is 0.919. The van der Waals surface area contributed by atoms with Gasteiger partial charge in [-0.1, -0.05) is 104 Å². The summed E-state index contributed by atoms with van der Waals surface area (Å²) in [5, 5.41) is 3.01. The number of nitrogens with zero attached hydrogens (tertiary/aromatic N) is 3. The van der Waals surface area contributed by atoms with Crippen LogP contribution in [-0.2, 0) is 0 Å². The van der Waals surface area contributed by atoms with Crippen molar-refractivity contribution in [3.05, 3.63) is 68.7 Å². The Morgan fingerprint density at radius 1 is 1.06 bits per heavy atom. The van der Waals surface area contributed by atoms with E-state index in [2.05, 4.69) is 56.2 Å². The molecule has 3 nitrogen and oxygen atoms in total. The number of anilines is 1. The van der Waals surface area contributed by atoms with E-state index in [0.717, 1.165) is 58.5 Å². The van der Waals surface area contributed by atoms with Gasteiger partial charge in [-0.25, -0.2) is 4.99 Å². The number of aryl methyl sites for hydroxylation is 1. The fourth-order valence-corrected chi connectivity index (χ4v) is 6.07. The third-order valence-corrected chi connectivity index (χ3v) is 8.44. The lowest BCUT2D eigenvalue weighted by Crippen LogP contribution is -2.50. The molecule has 35 heavy (non-hydrogen) atoms. The molecule has 7 heteroatoms. The maximum absolute atomic E-state index is 6.55. The summed E-state index contributed by atoms with van der Waals surface area (Å²) in [5.41, 5.74) is 2.74. The highest BCUT2D eigenvalue weighted by molar-refractivity contribution is 8.13. The van der Waals surface area contributed by atoms with Crippen LogP contribution in [0.5, 0.6) is 0 Å². The maximum atomic E-state index is 6.55. The number of hydrogen-bond donors (Lipinski definition) is 0. The zero-order chi connectivity index (χ0) is 25.4. The first kappa shape index (κ1) is 26.6. The molecule has 4 rings (SSSR count). The van der Waals surface area contributed by atoms with Crippen molar-refractivity contribution in [3.63, 3.8) is 0 Å². The first-order valence-electron chi connectivity index (χ1n) is 12.0. The second kappa shape index (κ2) is 10.5. The molecule has 0 bridgehead atoms. The van der Waals surface area contributed by atoms with Gasteiger partial charge in [0.2, 0.25) is 0 Å². The van der Waals surface area contributed by atoms with Gasteiger partial charge in [0, 0.05) is 20.8 Å². The minimum absolute atomic E-state index is 0.0740. The minimum atomic E-state index is -0.244. The third-order valence-electron chi connectivity index (χ3n) is 6.83. The van der Waals surface area contributed by atoms with Gasteiger partial charge >= 0.3 is 0 Å². The van der Waals surface area contributed by atoms with Crippen LogP contribution in [0.1, 0.15) is 57.6 Å². The summed E-state index contributed by atoms with van der Waals surface area (Å²) in [4.78, 5) is 12.9. The number of amidine groups is 2. The van der Waals surface area contributed by atoms with E-state index in [-0.39, 0.29) is 17.0 Å². The number of aliphatic imine (C=N–C) groups is 2. The summed E-state index contributed by atoms with van der Waals surface area (Å²) >= 11 is 20.7. The van der Waals surface area contributed by atoms with E-state index in [0.29, 0.717) is 10.0 Å². The van der Waals surface area contributed by atoms with Crippen molar-refractivity contribution in [1.29, 1.82) is 0 Å². The smallest absolute Gasteiger partial charge is 0.170 e.